The molecule has 2 aromatic rings. The van der Waals surface area contributed by atoms with E-state index in [9.17, 15) is 4.79 Å². The number of rotatable bonds is 4. The zero-order chi connectivity index (χ0) is 17.1. The van der Waals surface area contributed by atoms with Crippen LogP contribution in [0, 0.1) is 0 Å². The first kappa shape index (κ1) is 16.4. The SMILES string of the molecule is COc1cccc(CN(C)C(=O)N[C@@H]2CCCc3c2cnn3C)c1. The molecule has 0 aliphatic heterocycles. The summed E-state index contributed by atoms with van der Waals surface area (Å²) in [7, 11) is 5.41. The lowest BCUT2D eigenvalue weighted by atomic mass is 9.93. The molecule has 0 unspecified atom stereocenters. The number of methoxy groups -OCH3 is 1. The predicted molar refractivity (Wildman–Crippen MR) is 91.9 cm³/mol. The number of fused-ring (bicyclic) bond motifs is 1. The van der Waals surface area contributed by atoms with E-state index >= 15 is 0 Å². The Morgan fingerprint density at radius 1 is 1.50 bits per heavy atom. The van der Waals surface area contributed by atoms with E-state index in [2.05, 4.69) is 10.4 Å². The molecule has 1 heterocycles. The third-order valence-corrected chi connectivity index (χ3v) is 4.57. The molecule has 24 heavy (non-hydrogen) atoms. The van der Waals surface area contributed by atoms with Crippen LogP contribution in [0.3, 0.4) is 0 Å². The van der Waals surface area contributed by atoms with Crippen LogP contribution in [0.15, 0.2) is 30.5 Å². The number of carbonyl (C=O) groups is 1. The number of hydrogen-bond acceptors (Lipinski definition) is 3. The van der Waals surface area contributed by atoms with Gasteiger partial charge < -0.3 is 15.0 Å². The van der Waals surface area contributed by atoms with Crippen LogP contribution in [0.2, 0.25) is 0 Å². The lowest BCUT2D eigenvalue weighted by molar-refractivity contribution is 0.201. The number of nitrogens with zero attached hydrogens (tertiary/aromatic N) is 3. The quantitative estimate of drug-likeness (QED) is 0.938. The minimum atomic E-state index is -0.0699. The third-order valence-electron chi connectivity index (χ3n) is 4.57. The molecule has 2 amide bonds. The fourth-order valence-electron chi connectivity index (χ4n) is 3.23. The summed E-state index contributed by atoms with van der Waals surface area (Å²) in [6.45, 7) is 0.537. The molecule has 1 atom stereocenters. The fourth-order valence-corrected chi connectivity index (χ4v) is 3.23. The first-order chi connectivity index (χ1) is 11.6. The molecule has 6 heteroatoms. The summed E-state index contributed by atoms with van der Waals surface area (Å²) in [5, 5.41) is 7.46. The van der Waals surface area contributed by atoms with E-state index in [4.69, 9.17) is 4.74 Å². The number of amides is 2. The highest BCUT2D eigenvalue weighted by Gasteiger charge is 2.25. The van der Waals surface area contributed by atoms with Crippen molar-refractivity contribution in [2.45, 2.75) is 31.8 Å². The molecule has 128 valence electrons. The highest BCUT2D eigenvalue weighted by molar-refractivity contribution is 5.74. The van der Waals surface area contributed by atoms with Crippen molar-refractivity contribution in [2.75, 3.05) is 14.2 Å². The van der Waals surface area contributed by atoms with Gasteiger partial charge in [0, 0.05) is 31.9 Å². The third kappa shape index (κ3) is 3.37. The van der Waals surface area contributed by atoms with E-state index in [1.165, 1.54) is 5.69 Å². The molecule has 0 radical (unpaired) electrons. The van der Waals surface area contributed by atoms with E-state index in [1.54, 1.807) is 12.0 Å². The molecule has 1 aliphatic rings. The van der Waals surface area contributed by atoms with Crippen LogP contribution in [0.4, 0.5) is 4.79 Å². The molecule has 0 spiro atoms. The van der Waals surface area contributed by atoms with Crippen LogP contribution in [-0.2, 0) is 20.0 Å². The number of ether oxygens (including phenoxy) is 1. The van der Waals surface area contributed by atoms with E-state index in [0.717, 1.165) is 36.1 Å². The van der Waals surface area contributed by atoms with Gasteiger partial charge in [0.15, 0.2) is 0 Å². The molecule has 1 aliphatic carbocycles. The Morgan fingerprint density at radius 3 is 3.12 bits per heavy atom. The van der Waals surface area contributed by atoms with E-state index in [1.807, 2.05) is 49.2 Å². The number of hydrogen-bond donors (Lipinski definition) is 1. The van der Waals surface area contributed by atoms with Crippen molar-refractivity contribution in [2.24, 2.45) is 7.05 Å². The number of aryl methyl sites for hydroxylation is 1. The topological polar surface area (TPSA) is 59.4 Å². The van der Waals surface area contributed by atoms with Gasteiger partial charge >= 0.3 is 6.03 Å². The lowest BCUT2D eigenvalue weighted by Gasteiger charge is -2.26. The van der Waals surface area contributed by atoms with Gasteiger partial charge in [0.1, 0.15) is 5.75 Å². The van der Waals surface area contributed by atoms with Gasteiger partial charge in [0.25, 0.3) is 0 Å². The standard InChI is InChI=1S/C18H24N4O2/c1-21(12-13-6-4-7-14(10-13)24-3)18(23)20-16-8-5-9-17-15(16)11-19-22(17)2/h4,6-7,10-11,16H,5,8-9,12H2,1-3H3,(H,20,23)/t16-/m1/s1. The second-order valence-electron chi connectivity index (χ2n) is 6.27. The molecule has 0 bridgehead atoms. The molecule has 3 rings (SSSR count). The van der Waals surface area contributed by atoms with Crippen molar-refractivity contribution in [3.05, 3.63) is 47.3 Å². The zero-order valence-corrected chi connectivity index (χ0v) is 14.5. The second kappa shape index (κ2) is 6.95. The van der Waals surface area contributed by atoms with Gasteiger partial charge in [0.2, 0.25) is 0 Å². The number of nitrogens with one attached hydrogen (secondary N) is 1. The maximum absolute atomic E-state index is 12.5. The van der Waals surface area contributed by atoms with Gasteiger partial charge in [0.05, 0.1) is 19.3 Å². The average molecular weight is 328 g/mol. The monoisotopic (exact) mass is 328 g/mol. The average Bonchev–Trinajstić information content (AvgIpc) is 2.97. The molecule has 1 aromatic heterocycles. The molecule has 1 N–H and O–H groups in total. The molecule has 0 saturated carbocycles. The zero-order valence-electron chi connectivity index (χ0n) is 14.5. The minimum absolute atomic E-state index is 0.0442. The Morgan fingerprint density at radius 2 is 2.33 bits per heavy atom. The summed E-state index contributed by atoms with van der Waals surface area (Å²) in [5.74, 6) is 0.800. The normalized spacial score (nSPS) is 16.4. The number of carbonyl (C=O) groups excluding carboxylic acids is 1. The Kier molecular flexibility index (Phi) is 4.74. The highest BCUT2D eigenvalue weighted by Crippen LogP contribution is 2.29. The summed E-state index contributed by atoms with van der Waals surface area (Å²) >= 11 is 0. The van der Waals surface area contributed by atoms with Gasteiger partial charge in [-0.2, -0.15) is 5.10 Å². The molecular weight excluding hydrogens is 304 g/mol. The smallest absolute Gasteiger partial charge is 0.317 e. The molecule has 0 saturated heterocycles. The fraction of sp³-hybridized carbons (Fsp3) is 0.444. The minimum Gasteiger partial charge on any atom is -0.497 e. The van der Waals surface area contributed by atoms with E-state index in [-0.39, 0.29) is 12.1 Å². The van der Waals surface area contributed by atoms with Crippen LogP contribution in [0.25, 0.3) is 0 Å². The van der Waals surface area contributed by atoms with Crippen molar-refractivity contribution in [3.63, 3.8) is 0 Å². The van der Waals surface area contributed by atoms with Crippen LogP contribution in [0.1, 0.15) is 35.7 Å². The van der Waals surface area contributed by atoms with Gasteiger partial charge in [-0.3, -0.25) is 4.68 Å². The summed E-state index contributed by atoms with van der Waals surface area (Å²) in [6, 6.07) is 7.75. The number of benzene rings is 1. The Hall–Kier alpha value is -2.50. The van der Waals surface area contributed by atoms with Crippen LogP contribution >= 0.6 is 0 Å². The second-order valence-corrected chi connectivity index (χ2v) is 6.27. The van der Waals surface area contributed by atoms with Gasteiger partial charge in [-0.1, -0.05) is 12.1 Å². The summed E-state index contributed by atoms with van der Waals surface area (Å²) in [4.78, 5) is 14.2. The predicted octanol–water partition coefficient (Wildman–Crippen LogP) is 2.65. The van der Waals surface area contributed by atoms with E-state index in [0.29, 0.717) is 6.54 Å². The molecular formula is C18H24N4O2. The largest absolute Gasteiger partial charge is 0.497 e. The number of urea groups is 1. The molecule has 6 nitrogen and oxygen atoms in total. The van der Waals surface area contributed by atoms with Crippen molar-refractivity contribution in [1.82, 2.24) is 20.0 Å². The number of aromatic nitrogens is 2. The van der Waals surface area contributed by atoms with Gasteiger partial charge in [-0.15, -0.1) is 0 Å². The summed E-state index contributed by atoms with van der Waals surface area (Å²) < 4.78 is 7.14. The van der Waals surface area contributed by atoms with Crippen molar-refractivity contribution in [3.8, 4) is 5.75 Å². The van der Waals surface area contributed by atoms with Crippen LogP contribution in [-0.4, -0.2) is 34.9 Å². The first-order valence-electron chi connectivity index (χ1n) is 8.24. The lowest BCUT2D eigenvalue weighted by Crippen LogP contribution is -2.39. The van der Waals surface area contributed by atoms with Gasteiger partial charge in [-0.05, 0) is 37.0 Å². The summed E-state index contributed by atoms with van der Waals surface area (Å²) in [6.07, 6.45) is 4.92. The van der Waals surface area contributed by atoms with Crippen LogP contribution in [0.5, 0.6) is 5.75 Å². The highest BCUT2D eigenvalue weighted by atomic mass is 16.5. The Balaban J connectivity index is 1.64. The summed E-state index contributed by atoms with van der Waals surface area (Å²) in [5.41, 5.74) is 3.41. The Bertz CT molecular complexity index is 726. The molecule has 1 aromatic carbocycles. The Labute approximate surface area is 142 Å². The maximum Gasteiger partial charge on any atom is 0.317 e. The first-order valence-corrected chi connectivity index (χ1v) is 8.24. The van der Waals surface area contributed by atoms with E-state index < -0.39 is 0 Å². The molecule has 0 fully saturated rings. The van der Waals surface area contributed by atoms with Crippen molar-refractivity contribution >= 4 is 6.03 Å². The van der Waals surface area contributed by atoms with Crippen molar-refractivity contribution < 1.29 is 9.53 Å². The van der Waals surface area contributed by atoms with Gasteiger partial charge in [-0.25, -0.2) is 4.79 Å². The van der Waals surface area contributed by atoms with Crippen LogP contribution < -0.4 is 10.1 Å². The maximum atomic E-state index is 12.5. The van der Waals surface area contributed by atoms with Crippen molar-refractivity contribution in [1.29, 1.82) is 0 Å².